The van der Waals surface area contributed by atoms with Gasteiger partial charge in [0.15, 0.2) is 5.96 Å². The molecular weight excluding hydrogens is 380 g/mol. The summed E-state index contributed by atoms with van der Waals surface area (Å²) in [5, 5.41) is 3.44. The van der Waals surface area contributed by atoms with Crippen LogP contribution in [0.2, 0.25) is 0 Å². The summed E-state index contributed by atoms with van der Waals surface area (Å²) in [6, 6.07) is 0.390. The Morgan fingerprint density at radius 1 is 1.43 bits per heavy atom. The van der Waals surface area contributed by atoms with Gasteiger partial charge >= 0.3 is 6.09 Å². The number of imidazole rings is 1. The van der Waals surface area contributed by atoms with Crippen molar-refractivity contribution in [1.82, 2.24) is 24.7 Å². The van der Waals surface area contributed by atoms with Gasteiger partial charge in [-0.25, -0.2) is 9.78 Å². The van der Waals surface area contributed by atoms with Crippen molar-refractivity contribution in [3.63, 3.8) is 0 Å². The molecule has 0 bridgehead atoms. The molecule has 0 aliphatic carbocycles. The van der Waals surface area contributed by atoms with Gasteiger partial charge in [0.05, 0.1) is 12.4 Å². The van der Waals surface area contributed by atoms with E-state index in [9.17, 15) is 4.79 Å². The number of carbonyl (C=O) groups is 1. The number of hydrogen-bond acceptors (Lipinski definition) is 4. The lowest BCUT2D eigenvalue weighted by atomic mass is 9.93. The smallest absolute Gasteiger partial charge is 0.410 e. The summed E-state index contributed by atoms with van der Waals surface area (Å²) in [5.74, 6) is 1.77. The number of carbonyl (C=O) groups excluding carboxylic acids is 1. The molecule has 1 N–H and O–H groups in total. The highest BCUT2D eigenvalue weighted by Crippen LogP contribution is 2.27. The summed E-state index contributed by atoms with van der Waals surface area (Å²) in [6.07, 6.45) is 6.61. The van der Waals surface area contributed by atoms with Crippen molar-refractivity contribution in [3.05, 3.63) is 18.7 Å². The van der Waals surface area contributed by atoms with E-state index in [1.165, 1.54) is 0 Å². The Morgan fingerprint density at radius 3 is 2.77 bits per heavy atom. The average molecular weight is 421 g/mol. The Kier molecular flexibility index (Phi) is 8.55. The van der Waals surface area contributed by atoms with Crippen LogP contribution < -0.4 is 5.32 Å². The van der Waals surface area contributed by atoms with E-state index in [4.69, 9.17) is 9.73 Å². The molecule has 0 radical (unpaired) electrons. The van der Waals surface area contributed by atoms with Crippen molar-refractivity contribution >= 4 is 12.1 Å². The van der Waals surface area contributed by atoms with Crippen molar-refractivity contribution in [1.29, 1.82) is 0 Å². The van der Waals surface area contributed by atoms with E-state index in [2.05, 4.69) is 40.5 Å². The number of piperidine rings is 1. The van der Waals surface area contributed by atoms with Crippen molar-refractivity contribution in [2.45, 2.75) is 59.6 Å². The number of nitrogens with one attached hydrogen (secondary N) is 1. The van der Waals surface area contributed by atoms with E-state index in [0.717, 1.165) is 32.0 Å². The maximum absolute atomic E-state index is 12.2. The molecule has 2 rings (SSSR count). The minimum Gasteiger partial charge on any atom is -0.444 e. The molecule has 1 aliphatic rings. The number of likely N-dealkylation sites (tertiary alicyclic amines) is 1. The molecule has 170 valence electrons. The molecule has 1 fully saturated rings. The van der Waals surface area contributed by atoms with Gasteiger partial charge in [0.2, 0.25) is 0 Å². The van der Waals surface area contributed by atoms with E-state index >= 15 is 0 Å². The fraction of sp³-hybridized carbons (Fsp3) is 0.773. The predicted molar refractivity (Wildman–Crippen MR) is 121 cm³/mol. The molecule has 2 heterocycles. The van der Waals surface area contributed by atoms with Gasteiger partial charge in [0, 0.05) is 52.2 Å². The van der Waals surface area contributed by atoms with Crippen molar-refractivity contribution < 1.29 is 9.53 Å². The lowest BCUT2D eigenvalue weighted by molar-refractivity contribution is 0.0279. The van der Waals surface area contributed by atoms with Crippen LogP contribution >= 0.6 is 0 Å². The molecule has 3 atom stereocenters. The summed E-state index contributed by atoms with van der Waals surface area (Å²) in [5.41, 5.74) is -0.484. The third-order valence-corrected chi connectivity index (χ3v) is 5.30. The van der Waals surface area contributed by atoms with Crippen molar-refractivity contribution in [2.75, 3.05) is 39.8 Å². The SMILES string of the molecule is CCNC(=NCC(C)CN(C)C(=O)OC(C)(C)C)N1CCC(C)C(n2ccnc2)C1. The Morgan fingerprint density at radius 2 is 2.17 bits per heavy atom. The summed E-state index contributed by atoms with van der Waals surface area (Å²) in [4.78, 5) is 25.3. The minimum atomic E-state index is -0.484. The Hall–Kier alpha value is -2.25. The molecule has 1 saturated heterocycles. The number of rotatable bonds is 6. The second-order valence-electron chi connectivity index (χ2n) is 9.45. The maximum Gasteiger partial charge on any atom is 0.410 e. The zero-order valence-corrected chi connectivity index (χ0v) is 19.8. The maximum atomic E-state index is 12.2. The van der Waals surface area contributed by atoms with Crippen LogP contribution in [-0.2, 0) is 4.74 Å². The molecule has 1 aliphatic heterocycles. The first-order chi connectivity index (χ1) is 14.1. The molecular formula is C22H40N6O2. The molecule has 30 heavy (non-hydrogen) atoms. The van der Waals surface area contributed by atoms with Crippen LogP contribution in [0.3, 0.4) is 0 Å². The van der Waals surface area contributed by atoms with Gasteiger partial charge in [-0.05, 0) is 46.0 Å². The van der Waals surface area contributed by atoms with Crippen LogP contribution in [0.5, 0.6) is 0 Å². The fourth-order valence-corrected chi connectivity index (χ4v) is 3.70. The standard InChI is InChI=1S/C22H40N6O2/c1-8-24-20(25-13-17(2)14-26(7)21(29)30-22(4,5)6)27-11-9-18(3)19(15-27)28-12-10-23-16-28/h10,12,16-19H,8-9,11,13-15H2,1-7H3,(H,24,25). The van der Waals surface area contributed by atoms with Gasteiger partial charge in [-0.3, -0.25) is 4.99 Å². The molecule has 1 aromatic rings. The van der Waals surface area contributed by atoms with E-state index in [-0.39, 0.29) is 12.0 Å². The predicted octanol–water partition coefficient (Wildman–Crippen LogP) is 3.23. The average Bonchev–Trinajstić information content (AvgIpc) is 3.18. The van der Waals surface area contributed by atoms with E-state index < -0.39 is 5.60 Å². The summed E-state index contributed by atoms with van der Waals surface area (Å²) in [7, 11) is 1.78. The van der Waals surface area contributed by atoms with Crippen LogP contribution in [0, 0.1) is 11.8 Å². The zero-order valence-electron chi connectivity index (χ0n) is 19.8. The Labute approximate surface area is 181 Å². The molecule has 0 spiro atoms. The van der Waals surface area contributed by atoms with Gasteiger partial charge in [-0.2, -0.15) is 0 Å². The lowest BCUT2D eigenvalue weighted by Gasteiger charge is -2.39. The quantitative estimate of drug-likeness (QED) is 0.565. The number of aromatic nitrogens is 2. The number of hydrogen-bond donors (Lipinski definition) is 1. The zero-order chi connectivity index (χ0) is 22.3. The fourth-order valence-electron chi connectivity index (χ4n) is 3.70. The van der Waals surface area contributed by atoms with Crippen LogP contribution in [0.4, 0.5) is 4.79 Å². The van der Waals surface area contributed by atoms with Crippen molar-refractivity contribution in [3.8, 4) is 0 Å². The number of ether oxygens (including phenoxy) is 1. The van der Waals surface area contributed by atoms with E-state index in [0.29, 0.717) is 25.0 Å². The van der Waals surface area contributed by atoms with E-state index in [1.54, 1.807) is 11.9 Å². The monoisotopic (exact) mass is 420 g/mol. The number of nitrogens with zero attached hydrogens (tertiary/aromatic N) is 5. The first-order valence-electron chi connectivity index (χ1n) is 11.1. The second kappa shape index (κ2) is 10.7. The Balaban J connectivity index is 1.97. The van der Waals surface area contributed by atoms with Crippen LogP contribution in [0.25, 0.3) is 0 Å². The first-order valence-corrected chi connectivity index (χ1v) is 11.1. The van der Waals surface area contributed by atoms with Gasteiger partial charge in [0.1, 0.15) is 5.60 Å². The van der Waals surface area contributed by atoms with Crippen LogP contribution in [0.1, 0.15) is 54.0 Å². The third kappa shape index (κ3) is 7.22. The van der Waals surface area contributed by atoms with E-state index in [1.807, 2.05) is 39.5 Å². The van der Waals surface area contributed by atoms with Crippen LogP contribution in [0.15, 0.2) is 23.7 Å². The van der Waals surface area contributed by atoms with Gasteiger partial charge in [-0.15, -0.1) is 0 Å². The summed E-state index contributed by atoms with van der Waals surface area (Å²) >= 11 is 0. The summed E-state index contributed by atoms with van der Waals surface area (Å²) in [6.45, 7) is 16.1. The molecule has 1 aromatic heterocycles. The summed E-state index contributed by atoms with van der Waals surface area (Å²) < 4.78 is 7.65. The van der Waals surface area contributed by atoms with Gasteiger partial charge < -0.3 is 24.4 Å². The van der Waals surface area contributed by atoms with Crippen LogP contribution in [-0.4, -0.2) is 76.8 Å². The normalized spacial score (nSPS) is 21.3. The number of aliphatic imine (C=N–C) groups is 1. The third-order valence-electron chi connectivity index (χ3n) is 5.30. The molecule has 0 saturated carbocycles. The minimum absolute atomic E-state index is 0.226. The second-order valence-corrected chi connectivity index (χ2v) is 9.45. The Bertz CT molecular complexity index is 682. The lowest BCUT2D eigenvalue weighted by Crippen LogP contribution is -2.49. The number of guanidine groups is 1. The topological polar surface area (TPSA) is 75.0 Å². The molecule has 3 unspecified atom stereocenters. The highest BCUT2D eigenvalue weighted by atomic mass is 16.6. The largest absolute Gasteiger partial charge is 0.444 e. The van der Waals surface area contributed by atoms with Gasteiger partial charge in [-0.1, -0.05) is 13.8 Å². The molecule has 0 aromatic carbocycles. The molecule has 1 amide bonds. The van der Waals surface area contributed by atoms with Crippen molar-refractivity contribution in [2.24, 2.45) is 16.8 Å². The first kappa shape index (κ1) is 24.0. The highest BCUT2D eigenvalue weighted by molar-refractivity contribution is 5.80. The highest BCUT2D eigenvalue weighted by Gasteiger charge is 2.29. The molecule has 8 nitrogen and oxygen atoms in total. The number of amides is 1. The van der Waals surface area contributed by atoms with Gasteiger partial charge in [0.25, 0.3) is 0 Å². The molecule has 8 heteroatoms.